The molecule has 6 aliphatic rings. The zero-order chi connectivity index (χ0) is 28.3. The smallest absolute Gasteiger partial charge is 0.0459 e. The largest absolute Gasteiger partial charge is 0.337 e. The average Bonchev–Trinajstić information content (AvgIpc) is 3.43. The molecule has 0 fully saturated rings. The molecule has 0 spiro atoms. The predicted molar refractivity (Wildman–Crippen MR) is 181 cm³/mol. The molecule has 4 atom stereocenters. The maximum Gasteiger partial charge on any atom is 0.0459 e. The summed E-state index contributed by atoms with van der Waals surface area (Å²) < 4.78 is 0. The van der Waals surface area contributed by atoms with Crippen LogP contribution in [0.1, 0.15) is 78.2 Å². The number of hydrogen-bond acceptors (Lipinski definition) is 1. The van der Waals surface area contributed by atoms with Crippen LogP contribution >= 0.6 is 0 Å². The molecule has 3 aromatic rings. The van der Waals surface area contributed by atoms with E-state index in [4.69, 9.17) is 0 Å². The lowest BCUT2D eigenvalue weighted by atomic mass is 9.67. The number of rotatable bonds is 3. The van der Waals surface area contributed by atoms with Crippen LogP contribution in [0.3, 0.4) is 0 Å². The molecular weight excluding hydrogens is 518 g/mol. The SMILES string of the molecule is C1=CC2=C(CC1)C1CC(c3cccc4c3C3C=CCCC3N4C3=CC(c4ccccc4)CC=C3)=CC=C1c1ccccc12. The summed E-state index contributed by atoms with van der Waals surface area (Å²) in [7, 11) is 0. The third-order valence-electron chi connectivity index (χ3n) is 10.7. The van der Waals surface area contributed by atoms with E-state index in [-0.39, 0.29) is 0 Å². The van der Waals surface area contributed by atoms with Gasteiger partial charge in [-0.1, -0.05) is 121 Å². The van der Waals surface area contributed by atoms with Crippen LogP contribution in [-0.2, 0) is 0 Å². The Morgan fingerprint density at radius 3 is 2.51 bits per heavy atom. The third kappa shape index (κ3) is 3.98. The highest BCUT2D eigenvalue weighted by molar-refractivity contribution is 5.95. The Bertz CT molecular complexity index is 1840. The van der Waals surface area contributed by atoms with Crippen molar-refractivity contribution in [2.75, 3.05) is 4.90 Å². The van der Waals surface area contributed by atoms with Gasteiger partial charge in [0.15, 0.2) is 0 Å². The van der Waals surface area contributed by atoms with E-state index in [1.54, 1.807) is 5.57 Å². The molecule has 4 unspecified atom stereocenters. The molecule has 0 amide bonds. The highest BCUT2D eigenvalue weighted by atomic mass is 15.2. The zero-order valence-electron chi connectivity index (χ0n) is 24.6. The summed E-state index contributed by atoms with van der Waals surface area (Å²) in [5.74, 6) is 1.32. The molecule has 0 aromatic heterocycles. The Labute approximate surface area is 255 Å². The molecule has 0 N–H and O–H groups in total. The van der Waals surface area contributed by atoms with E-state index in [0.29, 0.717) is 23.8 Å². The molecule has 0 saturated carbocycles. The summed E-state index contributed by atoms with van der Waals surface area (Å²) in [6.45, 7) is 0. The average molecular weight is 556 g/mol. The lowest BCUT2D eigenvalue weighted by molar-refractivity contribution is 0.554. The van der Waals surface area contributed by atoms with Crippen molar-refractivity contribution in [2.24, 2.45) is 5.92 Å². The van der Waals surface area contributed by atoms with Gasteiger partial charge in [-0.2, -0.15) is 0 Å². The minimum absolute atomic E-state index is 0.428. The number of anilines is 1. The minimum Gasteiger partial charge on any atom is -0.337 e. The van der Waals surface area contributed by atoms with Crippen molar-refractivity contribution in [1.29, 1.82) is 0 Å². The van der Waals surface area contributed by atoms with E-state index in [0.717, 1.165) is 25.7 Å². The van der Waals surface area contributed by atoms with Crippen LogP contribution in [0.2, 0.25) is 0 Å². The van der Waals surface area contributed by atoms with E-state index >= 15 is 0 Å². The van der Waals surface area contributed by atoms with E-state index in [1.807, 2.05) is 0 Å². The Hall–Kier alpha value is -4.36. The van der Waals surface area contributed by atoms with Crippen molar-refractivity contribution in [3.8, 4) is 0 Å². The van der Waals surface area contributed by atoms with Gasteiger partial charge in [0.1, 0.15) is 0 Å². The maximum absolute atomic E-state index is 2.70. The first kappa shape index (κ1) is 25.2. The van der Waals surface area contributed by atoms with Crippen LogP contribution in [0.25, 0.3) is 16.7 Å². The normalized spacial score (nSPS) is 26.5. The predicted octanol–water partition coefficient (Wildman–Crippen LogP) is 10.5. The molecule has 1 heteroatoms. The first-order chi connectivity index (χ1) is 21.3. The summed E-state index contributed by atoms with van der Waals surface area (Å²) in [6, 6.07) is 27.7. The van der Waals surface area contributed by atoms with Crippen LogP contribution in [-0.4, -0.2) is 6.04 Å². The topological polar surface area (TPSA) is 3.24 Å². The molecule has 1 nitrogen and oxygen atoms in total. The molecule has 210 valence electrons. The summed E-state index contributed by atoms with van der Waals surface area (Å²) in [6.07, 6.45) is 28.8. The van der Waals surface area contributed by atoms with E-state index in [9.17, 15) is 0 Å². The van der Waals surface area contributed by atoms with Gasteiger partial charge in [0.25, 0.3) is 0 Å². The molecule has 3 aromatic carbocycles. The van der Waals surface area contributed by atoms with Gasteiger partial charge < -0.3 is 4.90 Å². The van der Waals surface area contributed by atoms with Crippen molar-refractivity contribution >= 4 is 22.4 Å². The number of benzene rings is 3. The maximum atomic E-state index is 2.70. The number of hydrogen-bond donors (Lipinski definition) is 0. The Balaban J connectivity index is 1.15. The quantitative estimate of drug-likeness (QED) is 0.291. The molecule has 9 rings (SSSR count). The lowest BCUT2D eigenvalue weighted by Crippen LogP contribution is -2.34. The number of allylic oxidation sites excluding steroid dienone is 12. The molecule has 1 heterocycles. The lowest BCUT2D eigenvalue weighted by Gasteiger charge is -2.36. The number of fused-ring (bicyclic) bond motifs is 8. The van der Waals surface area contributed by atoms with E-state index in [2.05, 4.69) is 132 Å². The highest BCUT2D eigenvalue weighted by Crippen LogP contribution is 2.54. The number of nitrogens with zero attached hydrogens (tertiary/aromatic N) is 1. The Kier molecular flexibility index (Phi) is 5.93. The van der Waals surface area contributed by atoms with Crippen LogP contribution < -0.4 is 4.90 Å². The molecule has 43 heavy (non-hydrogen) atoms. The van der Waals surface area contributed by atoms with Crippen molar-refractivity contribution in [1.82, 2.24) is 0 Å². The second kappa shape index (κ2) is 10.1. The summed E-state index contributed by atoms with van der Waals surface area (Å²) in [5.41, 5.74) is 16.2. The first-order valence-electron chi connectivity index (χ1n) is 16.3. The molecule has 1 aliphatic heterocycles. The van der Waals surface area contributed by atoms with Gasteiger partial charge in [-0.05, 0) is 95.2 Å². The monoisotopic (exact) mass is 555 g/mol. The van der Waals surface area contributed by atoms with Crippen LogP contribution in [0, 0.1) is 5.92 Å². The van der Waals surface area contributed by atoms with Crippen molar-refractivity contribution in [2.45, 2.75) is 56.4 Å². The van der Waals surface area contributed by atoms with Gasteiger partial charge >= 0.3 is 0 Å². The third-order valence-corrected chi connectivity index (χ3v) is 10.7. The molecular formula is C42H37N. The van der Waals surface area contributed by atoms with Crippen LogP contribution in [0.5, 0.6) is 0 Å². The van der Waals surface area contributed by atoms with Gasteiger partial charge in [-0.15, -0.1) is 0 Å². The minimum atomic E-state index is 0.428. The fourth-order valence-electron chi connectivity index (χ4n) is 8.83. The van der Waals surface area contributed by atoms with Crippen molar-refractivity contribution in [3.63, 3.8) is 0 Å². The standard InChI is InChI=1S/C42H37N/c1-2-12-28(13-3-1)29-14-10-15-31(26-29)43-40-22-9-8-20-38(40)42-32(21-11-23-41(42)43)30-24-25-37-35-18-5-4-16-33(35)34-17-6-7-19-36(34)39(37)27-30/h1-6,8,10-13,15-18,20-21,23-26,29,38-40H,7,9,14,19,22,27H2. The Morgan fingerprint density at radius 2 is 1.58 bits per heavy atom. The molecule has 0 saturated heterocycles. The van der Waals surface area contributed by atoms with Crippen LogP contribution in [0.4, 0.5) is 5.69 Å². The van der Waals surface area contributed by atoms with Gasteiger partial charge in [0.05, 0.1) is 0 Å². The van der Waals surface area contributed by atoms with E-state index < -0.39 is 0 Å². The zero-order valence-corrected chi connectivity index (χ0v) is 24.6. The van der Waals surface area contributed by atoms with Crippen molar-refractivity contribution < 1.29 is 0 Å². The van der Waals surface area contributed by atoms with Gasteiger partial charge in [-0.25, -0.2) is 0 Å². The van der Waals surface area contributed by atoms with E-state index in [1.165, 1.54) is 68.8 Å². The molecule has 0 bridgehead atoms. The highest BCUT2D eigenvalue weighted by Gasteiger charge is 2.42. The second-order valence-electron chi connectivity index (χ2n) is 12.9. The fraction of sp³-hybridized carbons (Fsp3) is 0.238. The Morgan fingerprint density at radius 1 is 0.721 bits per heavy atom. The van der Waals surface area contributed by atoms with Gasteiger partial charge in [0.2, 0.25) is 0 Å². The second-order valence-corrected chi connectivity index (χ2v) is 12.9. The molecule has 5 aliphatic carbocycles. The summed E-state index contributed by atoms with van der Waals surface area (Å²) >= 11 is 0. The molecule has 0 radical (unpaired) electrons. The van der Waals surface area contributed by atoms with Gasteiger partial charge in [-0.3, -0.25) is 0 Å². The summed E-state index contributed by atoms with van der Waals surface area (Å²) in [5, 5.41) is 0. The van der Waals surface area contributed by atoms with Crippen molar-refractivity contribution in [3.05, 3.63) is 167 Å². The fourth-order valence-corrected chi connectivity index (χ4v) is 8.83. The first-order valence-corrected chi connectivity index (χ1v) is 16.3. The summed E-state index contributed by atoms with van der Waals surface area (Å²) in [4.78, 5) is 2.70. The van der Waals surface area contributed by atoms with Gasteiger partial charge in [0, 0.05) is 35.2 Å². The van der Waals surface area contributed by atoms with Crippen LogP contribution in [0.15, 0.2) is 139 Å².